The number of benzene rings is 1. The molecule has 2 rings (SSSR count). The molecule has 112 valence electrons. The van der Waals surface area contributed by atoms with E-state index in [1.165, 1.54) is 10.4 Å². The lowest BCUT2D eigenvalue weighted by atomic mass is 10.1. The molecular formula is C13H19ClN2O3S. The average Bonchev–Trinajstić information content (AvgIpc) is 2.70. The fourth-order valence-corrected chi connectivity index (χ4v) is 4.35. The second-order valence-corrected chi connectivity index (χ2v) is 7.10. The minimum absolute atomic E-state index is 0.243. The summed E-state index contributed by atoms with van der Waals surface area (Å²) in [4.78, 5) is 0.243. The van der Waals surface area contributed by atoms with Gasteiger partial charge >= 0.3 is 0 Å². The molecule has 0 spiro atoms. The van der Waals surface area contributed by atoms with Crippen LogP contribution in [0.2, 0.25) is 5.02 Å². The molecule has 7 heteroatoms. The first-order chi connectivity index (χ1) is 9.46. The minimum Gasteiger partial charge on any atom is -0.380 e. The Kier molecular flexibility index (Phi) is 5.04. The first kappa shape index (κ1) is 15.7. The zero-order chi connectivity index (χ0) is 14.8. The largest absolute Gasteiger partial charge is 0.380 e. The summed E-state index contributed by atoms with van der Waals surface area (Å²) >= 11 is 6.01. The highest BCUT2D eigenvalue weighted by molar-refractivity contribution is 7.89. The summed E-state index contributed by atoms with van der Waals surface area (Å²) in [7, 11) is -3.56. The number of rotatable bonds is 3. The van der Waals surface area contributed by atoms with Crippen molar-refractivity contribution in [2.75, 3.05) is 26.3 Å². The van der Waals surface area contributed by atoms with Gasteiger partial charge < -0.3 is 10.5 Å². The molecule has 20 heavy (non-hydrogen) atoms. The van der Waals surface area contributed by atoms with Gasteiger partial charge in [0.1, 0.15) is 0 Å². The van der Waals surface area contributed by atoms with E-state index in [4.69, 9.17) is 22.1 Å². The van der Waals surface area contributed by atoms with Crippen LogP contribution in [0.1, 0.15) is 17.5 Å². The van der Waals surface area contributed by atoms with Crippen LogP contribution in [0.25, 0.3) is 0 Å². The van der Waals surface area contributed by atoms with Crippen LogP contribution in [0, 0.1) is 6.92 Å². The highest BCUT2D eigenvalue weighted by Crippen LogP contribution is 2.27. The molecule has 1 saturated heterocycles. The molecule has 1 heterocycles. The fraction of sp³-hybridized carbons (Fsp3) is 0.538. The van der Waals surface area contributed by atoms with Crippen molar-refractivity contribution in [3.05, 3.63) is 28.3 Å². The molecule has 0 bridgehead atoms. The Balaban J connectivity index is 2.45. The van der Waals surface area contributed by atoms with Crippen molar-refractivity contribution < 1.29 is 13.2 Å². The third-order valence-electron chi connectivity index (χ3n) is 3.45. The molecule has 1 aromatic carbocycles. The second kappa shape index (κ2) is 6.41. The van der Waals surface area contributed by atoms with E-state index in [9.17, 15) is 8.42 Å². The molecule has 1 fully saturated rings. The van der Waals surface area contributed by atoms with Gasteiger partial charge in [0, 0.05) is 31.3 Å². The van der Waals surface area contributed by atoms with Gasteiger partial charge in [-0.15, -0.1) is 0 Å². The lowest BCUT2D eigenvalue weighted by Gasteiger charge is -2.21. The summed E-state index contributed by atoms with van der Waals surface area (Å²) < 4.78 is 32.3. The minimum atomic E-state index is -3.56. The molecule has 1 aliphatic heterocycles. The lowest BCUT2D eigenvalue weighted by Crippen LogP contribution is -2.33. The van der Waals surface area contributed by atoms with E-state index in [-0.39, 0.29) is 11.4 Å². The summed E-state index contributed by atoms with van der Waals surface area (Å²) in [6.45, 7) is 3.87. The molecule has 0 atom stereocenters. The van der Waals surface area contributed by atoms with Crippen LogP contribution >= 0.6 is 11.6 Å². The summed E-state index contributed by atoms with van der Waals surface area (Å²) in [6.07, 6.45) is 0.697. The average molecular weight is 319 g/mol. The van der Waals surface area contributed by atoms with Crippen LogP contribution in [-0.4, -0.2) is 39.0 Å². The van der Waals surface area contributed by atoms with Crippen LogP contribution < -0.4 is 5.73 Å². The van der Waals surface area contributed by atoms with E-state index in [0.29, 0.717) is 43.3 Å². The lowest BCUT2D eigenvalue weighted by molar-refractivity contribution is 0.148. The Bertz CT molecular complexity index is 582. The quantitative estimate of drug-likeness (QED) is 0.917. The summed E-state index contributed by atoms with van der Waals surface area (Å²) in [5, 5.41) is 0.390. The molecule has 1 aliphatic rings. The van der Waals surface area contributed by atoms with Crippen molar-refractivity contribution in [1.29, 1.82) is 0 Å². The van der Waals surface area contributed by atoms with Gasteiger partial charge in [-0.1, -0.05) is 11.6 Å². The van der Waals surface area contributed by atoms with Gasteiger partial charge in [-0.2, -0.15) is 4.31 Å². The standard InChI is InChI=1S/C13H19ClN2O3S/c1-10-11(9-15)7-12(14)8-13(10)20(17,18)16-3-2-5-19-6-4-16/h7-8H,2-6,9,15H2,1H3. The molecule has 0 amide bonds. The van der Waals surface area contributed by atoms with Gasteiger partial charge in [0.15, 0.2) is 0 Å². The van der Waals surface area contributed by atoms with E-state index < -0.39 is 10.0 Å². The van der Waals surface area contributed by atoms with Crippen LogP contribution in [0.4, 0.5) is 0 Å². The molecular weight excluding hydrogens is 300 g/mol. The second-order valence-electron chi connectivity index (χ2n) is 4.76. The van der Waals surface area contributed by atoms with E-state index in [1.807, 2.05) is 0 Å². The first-order valence-corrected chi connectivity index (χ1v) is 8.35. The topological polar surface area (TPSA) is 72.6 Å². The summed E-state index contributed by atoms with van der Waals surface area (Å²) in [5.74, 6) is 0. The SMILES string of the molecule is Cc1c(CN)cc(Cl)cc1S(=O)(=O)N1CCCOCC1. The Morgan fingerprint density at radius 3 is 2.80 bits per heavy atom. The normalized spacial score (nSPS) is 17.9. The number of hydrogen-bond acceptors (Lipinski definition) is 4. The van der Waals surface area contributed by atoms with Crippen LogP contribution in [0.15, 0.2) is 17.0 Å². The predicted octanol–water partition coefficient (Wildman–Crippen LogP) is 1.52. The van der Waals surface area contributed by atoms with Crippen molar-refractivity contribution in [1.82, 2.24) is 4.31 Å². The van der Waals surface area contributed by atoms with E-state index in [1.54, 1.807) is 13.0 Å². The third-order valence-corrected chi connectivity index (χ3v) is 5.69. The van der Waals surface area contributed by atoms with Gasteiger partial charge in [-0.05, 0) is 36.6 Å². The number of nitrogens with zero attached hydrogens (tertiary/aromatic N) is 1. The summed E-state index contributed by atoms with van der Waals surface area (Å²) in [6, 6.07) is 3.21. The molecule has 0 radical (unpaired) electrons. The van der Waals surface area contributed by atoms with Crippen LogP contribution in [0.5, 0.6) is 0 Å². The molecule has 0 unspecified atom stereocenters. The Morgan fingerprint density at radius 2 is 2.10 bits per heavy atom. The maximum atomic E-state index is 12.8. The van der Waals surface area contributed by atoms with E-state index in [0.717, 1.165) is 5.56 Å². The smallest absolute Gasteiger partial charge is 0.243 e. The maximum Gasteiger partial charge on any atom is 0.243 e. The van der Waals surface area contributed by atoms with Gasteiger partial charge in [-0.25, -0.2) is 8.42 Å². The zero-order valence-corrected chi connectivity index (χ0v) is 13.0. The zero-order valence-electron chi connectivity index (χ0n) is 11.4. The van der Waals surface area contributed by atoms with Crippen molar-refractivity contribution in [2.24, 2.45) is 5.73 Å². The van der Waals surface area contributed by atoms with E-state index >= 15 is 0 Å². The van der Waals surface area contributed by atoms with Gasteiger partial charge in [0.2, 0.25) is 10.0 Å². The highest BCUT2D eigenvalue weighted by Gasteiger charge is 2.27. The number of ether oxygens (including phenoxy) is 1. The van der Waals surface area contributed by atoms with Crippen molar-refractivity contribution in [2.45, 2.75) is 24.8 Å². The van der Waals surface area contributed by atoms with Crippen molar-refractivity contribution >= 4 is 21.6 Å². The van der Waals surface area contributed by atoms with Crippen molar-refractivity contribution in [3.8, 4) is 0 Å². The third kappa shape index (κ3) is 3.15. The number of sulfonamides is 1. The Morgan fingerprint density at radius 1 is 1.35 bits per heavy atom. The van der Waals surface area contributed by atoms with Crippen LogP contribution in [0.3, 0.4) is 0 Å². The van der Waals surface area contributed by atoms with Crippen LogP contribution in [-0.2, 0) is 21.3 Å². The van der Waals surface area contributed by atoms with Gasteiger partial charge in [-0.3, -0.25) is 0 Å². The molecule has 2 N–H and O–H groups in total. The molecule has 5 nitrogen and oxygen atoms in total. The fourth-order valence-electron chi connectivity index (χ4n) is 2.29. The summed E-state index contributed by atoms with van der Waals surface area (Å²) in [5.41, 5.74) is 7.07. The molecule has 1 aromatic rings. The highest BCUT2D eigenvalue weighted by atomic mass is 35.5. The monoisotopic (exact) mass is 318 g/mol. The first-order valence-electron chi connectivity index (χ1n) is 6.54. The number of nitrogens with two attached hydrogens (primary N) is 1. The Labute approximate surface area is 124 Å². The van der Waals surface area contributed by atoms with Gasteiger partial charge in [0.25, 0.3) is 0 Å². The maximum absolute atomic E-state index is 12.8. The Hall–Kier alpha value is -0.660. The molecule has 0 saturated carbocycles. The van der Waals surface area contributed by atoms with Gasteiger partial charge in [0.05, 0.1) is 11.5 Å². The predicted molar refractivity (Wildman–Crippen MR) is 78.3 cm³/mol. The number of halogens is 1. The van der Waals surface area contributed by atoms with E-state index in [2.05, 4.69) is 0 Å². The van der Waals surface area contributed by atoms with Crippen molar-refractivity contribution in [3.63, 3.8) is 0 Å². The number of hydrogen-bond donors (Lipinski definition) is 1. The molecule has 0 aliphatic carbocycles. The molecule has 0 aromatic heterocycles.